The molecule has 11 heavy (non-hydrogen) atoms. The molecule has 1 aliphatic heterocycles. The normalized spacial score (nSPS) is 18.1. The van der Waals surface area contributed by atoms with Crippen LogP contribution in [0.5, 0.6) is 0 Å². The van der Waals surface area contributed by atoms with Gasteiger partial charge >= 0.3 is 12.1 Å². The lowest BCUT2D eigenvalue weighted by atomic mass is 10.1. The first-order chi connectivity index (χ1) is 4.91. The topological polar surface area (TPSA) is 20.3 Å². The number of nitrogens with zero attached hydrogens (tertiary/aromatic N) is 1. The van der Waals surface area contributed by atoms with Gasteiger partial charge in [-0.15, -0.1) is 0 Å². The Morgan fingerprint density at radius 2 is 1.91 bits per heavy atom. The highest BCUT2D eigenvalue weighted by Crippen LogP contribution is 2.23. The maximum atomic E-state index is 11.6. The van der Waals surface area contributed by atoms with Crippen LogP contribution < -0.4 is 0 Å². The van der Waals surface area contributed by atoms with Gasteiger partial charge in [0.15, 0.2) is 0 Å². The Kier molecular flexibility index (Phi) is 1.66. The lowest BCUT2D eigenvalue weighted by molar-refractivity contribution is -0.186. The second-order valence-corrected chi connectivity index (χ2v) is 2.41. The first kappa shape index (κ1) is 8.10. The highest BCUT2D eigenvalue weighted by atomic mass is 19.4. The third kappa shape index (κ3) is 1.53. The van der Waals surface area contributed by atoms with Crippen LogP contribution >= 0.6 is 0 Å². The minimum atomic E-state index is -4.74. The number of halogens is 3. The van der Waals surface area contributed by atoms with Gasteiger partial charge in [-0.3, -0.25) is 4.79 Å². The fourth-order valence-electron chi connectivity index (χ4n) is 0.816. The molecular formula is C6H6F3NO. The average Bonchev–Trinajstić information content (AvgIpc) is 1.77. The molecule has 1 saturated heterocycles. The lowest BCUT2D eigenvalue weighted by Crippen LogP contribution is -2.49. The van der Waals surface area contributed by atoms with Crippen LogP contribution in [0, 0.1) is 0 Å². The summed E-state index contributed by atoms with van der Waals surface area (Å²) in [6, 6.07) is 0. The zero-order chi connectivity index (χ0) is 8.65. The molecule has 1 rings (SSSR count). The molecule has 0 aromatic rings. The van der Waals surface area contributed by atoms with E-state index in [2.05, 4.69) is 6.58 Å². The molecule has 62 valence electrons. The SMILES string of the molecule is C=C1CN(C(=O)C(F)(F)F)C1. The Labute approximate surface area is 61.3 Å². The van der Waals surface area contributed by atoms with Gasteiger partial charge in [0, 0.05) is 13.1 Å². The molecule has 1 amide bonds. The van der Waals surface area contributed by atoms with Crippen molar-refractivity contribution >= 4 is 5.91 Å². The Morgan fingerprint density at radius 1 is 1.45 bits per heavy atom. The van der Waals surface area contributed by atoms with Crippen molar-refractivity contribution in [3.8, 4) is 0 Å². The minimum Gasteiger partial charge on any atom is -0.327 e. The van der Waals surface area contributed by atoms with E-state index in [0.29, 0.717) is 10.5 Å². The maximum Gasteiger partial charge on any atom is 0.471 e. The zero-order valence-electron chi connectivity index (χ0n) is 5.61. The van der Waals surface area contributed by atoms with Gasteiger partial charge in [-0.25, -0.2) is 0 Å². The number of carbonyl (C=O) groups excluding carboxylic acids is 1. The Bertz CT molecular complexity index is 200. The molecule has 2 nitrogen and oxygen atoms in total. The van der Waals surface area contributed by atoms with E-state index in [1.54, 1.807) is 0 Å². The Hall–Kier alpha value is -1.00. The summed E-state index contributed by atoms with van der Waals surface area (Å²) in [4.78, 5) is 11.1. The predicted octanol–water partition coefficient (Wildman–Crippen LogP) is 0.947. The number of likely N-dealkylation sites (tertiary alicyclic amines) is 1. The first-order valence-electron chi connectivity index (χ1n) is 2.94. The van der Waals surface area contributed by atoms with Crippen LogP contribution in [0.3, 0.4) is 0 Å². The van der Waals surface area contributed by atoms with Crippen LogP contribution in [0.1, 0.15) is 0 Å². The van der Waals surface area contributed by atoms with Crippen LogP contribution in [0.25, 0.3) is 0 Å². The summed E-state index contributed by atoms with van der Waals surface area (Å²) in [7, 11) is 0. The summed E-state index contributed by atoms with van der Waals surface area (Å²) in [5.41, 5.74) is 0.655. The number of rotatable bonds is 0. The molecule has 5 heteroatoms. The standard InChI is InChI=1S/C6H6F3NO/c1-4-2-10(3-4)5(11)6(7,8)9/h1-3H2. The Morgan fingerprint density at radius 3 is 2.18 bits per heavy atom. The molecular weight excluding hydrogens is 159 g/mol. The molecule has 0 aliphatic carbocycles. The minimum absolute atomic E-state index is 0.0400. The predicted molar refractivity (Wildman–Crippen MR) is 31.8 cm³/mol. The molecule has 0 spiro atoms. The molecule has 1 heterocycles. The average molecular weight is 165 g/mol. The highest BCUT2D eigenvalue weighted by molar-refractivity contribution is 5.83. The van der Waals surface area contributed by atoms with E-state index >= 15 is 0 Å². The Balaban J connectivity index is 2.51. The van der Waals surface area contributed by atoms with Crippen molar-refractivity contribution < 1.29 is 18.0 Å². The van der Waals surface area contributed by atoms with Crippen molar-refractivity contribution in [1.82, 2.24) is 4.90 Å². The van der Waals surface area contributed by atoms with Crippen LogP contribution in [0.4, 0.5) is 13.2 Å². The van der Waals surface area contributed by atoms with E-state index < -0.39 is 12.1 Å². The van der Waals surface area contributed by atoms with Crippen molar-refractivity contribution in [2.24, 2.45) is 0 Å². The van der Waals surface area contributed by atoms with Gasteiger partial charge in [0.2, 0.25) is 0 Å². The smallest absolute Gasteiger partial charge is 0.327 e. The number of amides is 1. The fourth-order valence-corrected chi connectivity index (χ4v) is 0.816. The zero-order valence-corrected chi connectivity index (χ0v) is 5.61. The summed E-state index contributed by atoms with van der Waals surface area (Å²) in [5.74, 6) is -1.77. The first-order valence-corrected chi connectivity index (χ1v) is 2.94. The van der Waals surface area contributed by atoms with Crippen LogP contribution in [-0.4, -0.2) is 30.1 Å². The summed E-state index contributed by atoms with van der Waals surface area (Å²) >= 11 is 0. The van der Waals surface area contributed by atoms with Crippen LogP contribution in [0.2, 0.25) is 0 Å². The van der Waals surface area contributed by atoms with E-state index in [9.17, 15) is 18.0 Å². The molecule has 0 radical (unpaired) electrons. The summed E-state index contributed by atoms with van der Waals surface area (Å²) in [5, 5.41) is 0. The third-order valence-corrected chi connectivity index (χ3v) is 1.36. The van der Waals surface area contributed by atoms with Crippen molar-refractivity contribution in [2.45, 2.75) is 6.18 Å². The second kappa shape index (κ2) is 2.25. The van der Waals surface area contributed by atoms with Crippen molar-refractivity contribution in [3.63, 3.8) is 0 Å². The van der Waals surface area contributed by atoms with E-state index in [0.717, 1.165) is 0 Å². The molecule has 0 bridgehead atoms. The largest absolute Gasteiger partial charge is 0.471 e. The van der Waals surface area contributed by atoms with Gasteiger partial charge < -0.3 is 4.90 Å². The number of hydrogen-bond donors (Lipinski definition) is 0. The van der Waals surface area contributed by atoms with Crippen LogP contribution in [-0.2, 0) is 4.79 Å². The molecule has 0 unspecified atom stereocenters. The fraction of sp³-hybridized carbons (Fsp3) is 0.500. The number of carbonyl (C=O) groups is 1. The molecule has 0 N–H and O–H groups in total. The second-order valence-electron chi connectivity index (χ2n) is 2.41. The quantitative estimate of drug-likeness (QED) is 0.489. The number of alkyl halides is 3. The van der Waals surface area contributed by atoms with Gasteiger partial charge in [-0.1, -0.05) is 6.58 Å². The van der Waals surface area contributed by atoms with E-state index in [-0.39, 0.29) is 13.1 Å². The molecule has 0 aromatic carbocycles. The number of hydrogen-bond acceptors (Lipinski definition) is 1. The van der Waals surface area contributed by atoms with Gasteiger partial charge in [-0.2, -0.15) is 13.2 Å². The van der Waals surface area contributed by atoms with Gasteiger partial charge in [0.1, 0.15) is 0 Å². The van der Waals surface area contributed by atoms with Crippen molar-refractivity contribution in [2.75, 3.05) is 13.1 Å². The molecule has 1 aliphatic rings. The van der Waals surface area contributed by atoms with Gasteiger partial charge in [-0.05, 0) is 5.57 Å². The van der Waals surface area contributed by atoms with E-state index in [1.807, 2.05) is 0 Å². The lowest BCUT2D eigenvalue weighted by Gasteiger charge is -2.33. The van der Waals surface area contributed by atoms with Crippen molar-refractivity contribution in [1.29, 1.82) is 0 Å². The highest BCUT2D eigenvalue weighted by Gasteiger charge is 2.44. The molecule has 0 atom stereocenters. The summed E-state index contributed by atoms with van der Waals surface area (Å²) < 4.78 is 34.9. The van der Waals surface area contributed by atoms with Gasteiger partial charge in [0.25, 0.3) is 0 Å². The molecule has 0 aromatic heterocycles. The molecule has 0 saturated carbocycles. The summed E-state index contributed by atoms with van der Waals surface area (Å²) in [6.07, 6.45) is -4.74. The molecule has 1 fully saturated rings. The third-order valence-electron chi connectivity index (χ3n) is 1.36. The van der Waals surface area contributed by atoms with Gasteiger partial charge in [0.05, 0.1) is 0 Å². The maximum absolute atomic E-state index is 11.6. The van der Waals surface area contributed by atoms with E-state index in [1.165, 1.54) is 0 Å². The van der Waals surface area contributed by atoms with Crippen LogP contribution in [0.15, 0.2) is 12.2 Å². The monoisotopic (exact) mass is 165 g/mol. The van der Waals surface area contributed by atoms with E-state index in [4.69, 9.17) is 0 Å². The summed E-state index contributed by atoms with van der Waals surface area (Å²) in [6.45, 7) is 3.49. The van der Waals surface area contributed by atoms with Crippen molar-refractivity contribution in [3.05, 3.63) is 12.2 Å².